The van der Waals surface area contributed by atoms with Gasteiger partial charge in [-0.25, -0.2) is 0 Å². The number of benzene rings is 1. The van der Waals surface area contributed by atoms with E-state index in [1.165, 1.54) is 0 Å². The summed E-state index contributed by atoms with van der Waals surface area (Å²) in [6.07, 6.45) is 1.73. The fraction of sp³-hybridized carbons (Fsp3) is 0. The number of rotatable bonds is 1. The van der Waals surface area contributed by atoms with Crippen LogP contribution < -0.4 is 3.07 Å². The van der Waals surface area contributed by atoms with E-state index in [1.807, 2.05) is 41.2 Å². The van der Waals surface area contributed by atoms with Crippen LogP contribution in [0.5, 0.6) is 5.75 Å². The first kappa shape index (κ1) is 9.02. The second-order valence-electron chi connectivity index (χ2n) is 2.55. The molecule has 0 unspecified atom stereocenters. The van der Waals surface area contributed by atoms with Crippen LogP contribution in [0, 0.1) is 0 Å². The molecule has 1 aromatic carbocycles. The second-order valence-corrected chi connectivity index (χ2v) is 3.40. The van der Waals surface area contributed by atoms with Gasteiger partial charge in [-0.05, 0) is 12.1 Å². The molecule has 0 fully saturated rings. The van der Waals surface area contributed by atoms with Gasteiger partial charge in [-0.1, -0.05) is 11.6 Å². The van der Waals surface area contributed by atoms with Gasteiger partial charge in [0.05, 0.1) is 10.5 Å². The molecule has 2 nitrogen and oxygen atoms in total. The first-order valence-electron chi connectivity index (χ1n) is 3.64. The van der Waals surface area contributed by atoms with Crippen molar-refractivity contribution in [3.8, 4) is 5.75 Å². The van der Waals surface area contributed by atoms with E-state index in [4.69, 9.17) is 14.7 Å². The highest BCUT2D eigenvalue weighted by atomic mass is 127. The van der Waals surface area contributed by atoms with Crippen molar-refractivity contribution < 1.29 is 3.07 Å². The second kappa shape index (κ2) is 3.67. The quantitative estimate of drug-likeness (QED) is 0.751. The Balaban J connectivity index is 2.77. The van der Waals surface area contributed by atoms with E-state index in [0.717, 1.165) is 16.7 Å². The highest BCUT2D eigenvalue weighted by molar-refractivity contribution is 14.1. The normalized spacial score (nSPS) is 10.3. The predicted molar refractivity (Wildman–Crippen MR) is 61.4 cm³/mol. The van der Waals surface area contributed by atoms with Crippen LogP contribution in [-0.2, 0) is 0 Å². The maximum atomic E-state index is 6.02. The average molecular weight is 306 g/mol. The van der Waals surface area contributed by atoms with Crippen molar-refractivity contribution in [3.63, 3.8) is 0 Å². The summed E-state index contributed by atoms with van der Waals surface area (Å²) < 4.78 is 5.05. The Morgan fingerprint density at radius 1 is 1.38 bits per heavy atom. The maximum absolute atomic E-state index is 6.02. The molecule has 4 heteroatoms. The van der Waals surface area contributed by atoms with Crippen molar-refractivity contribution in [3.05, 3.63) is 35.5 Å². The van der Waals surface area contributed by atoms with Crippen LogP contribution in [0.3, 0.4) is 0 Å². The topological polar surface area (TPSA) is 22.1 Å². The molecule has 0 N–H and O–H groups in total. The minimum Gasteiger partial charge on any atom is -0.428 e. The molecule has 0 radical (unpaired) electrons. The Hall–Kier alpha value is -0.550. The lowest BCUT2D eigenvalue weighted by Gasteiger charge is -2.01. The van der Waals surface area contributed by atoms with E-state index >= 15 is 0 Å². The van der Waals surface area contributed by atoms with E-state index in [2.05, 4.69) is 4.98 Å². The van der Waals surface area contributed by atoms with Crippen LogP contribution in [0.4, 0.5) is 0 Å². The molecule has 0 spiro atoms. The third-order valence-electron chi connectivity index (χ3n) is 1.73. The molecule has 0 aliphatic heterocycles. The van der Waals surface area contributed by atoms with Gasteiger partial charge in [-0.15, -0.1) is 0 Å². The first-order chi connectivity index (χ1) is 6.31. The highest BCUT2D eigenvalue weighted by Crippen LogP contribution is 2.28. The number of halogens is 2. The van der Waals surface area contributed by atoms with Crippen LogP contribution in [0.25, 0.3) is 10.9 Å². The minimum atomic E-state index is 0.664. The molecule has 0 atom stereocenters. The van der Waals surface area contributed by atoms with Crippen molar-refractivity contribution >= 4 is 45.5 Å². The van der Waals surface area contributed by atoms with Crippen LogP contribution >= 0.6 is 34.6 Å². The lowest BCUT2D eigenvalue weighted by molar-refractivity contribution is 0.718. The molecule has 1 aromatic heterocycles. The summed E-state index contributed by atoms with van der Waals surface area (Å²) >= 11 is 7.83. The third kappa shape index (κ3) is 1.71. The molecule has 0 saturated heterocycles. The number of nitrogens with zero attached hydrogens (tertiary/aromatic N) is 1. The molecular weight excluding hydrogens is 300 g/mol. The van der Waals surface area contributed by atoms with E-state index in [0.29, 0.717) is 5.02 Å². The largest absolute Gasteiger partial charge is 0.428 e. The lowest BCUT2D eigenvalue weighted by atomic mass is 10.2. The van der Waals surface area contributed by atoms with Gasteiger partial charge in [0, 0.05) is 23.7 Å². The Morgan fingerprint density at radius 2 is 2.23 bits per heavy atom. The fourth-order valence-electron chi connectivity index (χ4n) is 1.16. The van der Waals surface area contributed by atoms with Crippen molar-refractivity contribution in [2.75, 3.05) is 0 Å². The molecule has 0 aliphatic carbocycles. The minimum absolute atomic E-state index is 0.664. The lowest BCUT2D eigenvalue weighted by Crippen LogP contribution is -1.80. The van der Waals surface area contributed by atoms with E-state index < -0.39 is 0 Å². The van der Waals surface area contributed by atoms with Crippen molar-refractivity contribution in [1.29, 1.82) is 0 Å². The van der Waals surface area contributed by atoms with Crippen LogP contribution in [0.1, 0.15) is 0 Å². The van der Waals surface area contributed by atoms with Crippen molar-refractivity contribution in [1.82, 2.24) is 4.98 Å². The standard InChI is InChI=1S/C9H5ClINO/c10-8-4-6(13-11)5-9-7(8)2-1-3-12-9/h1-5H. The van der Waals surface area contributed by atoms with Gasteiger partial charge < -0.3 is 3.07 Å². The zero-order valence-electron chi connectivity index (χ0n) is 6.50. The van der Waals surface area contributed by atoms with Crippen molar-refractivity contribution in [2.24, 2.45) is 0 Å². The summed E-state index contributed by atoms with van der Waals surface area (Å²) in [7, 11) is 0. The summed E-state index contributed by atoms with van der Waals surface area (Å²) in [6, 6.07) is 7.42. The molecule has 0 aliphatic rings. The van der Waals surface area contributed by atoms with Gasteiger partial charge in [0.1, 0.15) is 5.75 Å². The zero-order valence-corrected chi connectivity index (χ0v) is 9.41. The van der Waals surface area contributed by atoms with E-state index in [1.54, 1.807) is 12.3 Å². The van der Waals surface area contributed by atoms with Gasteiger partial charge in [0.2, 0.25) is 0 Å². The summed E-state index contributed by atoms with van der Waals surface area (Å²) in [4.78, 5) is 4.18. The smallest absolute Gasteiger partial charge is 0.192 e. The van der Waals surface area contributed by atoms with Gasteiger partial charge in [0.15, 0.2) is 23.0 Å². The molecule has 0 saturated carbocycles. The summed E-state index contributed by atoms with van der Waals surface area (Å²) in [6.45, 7) is 0. The Labute approximate surface area is 94.6 Å². The average Bonchev–Trinajstić information content (AvgIpc) is 2.18. The molecule has 66 valence electrons. The summed E-state index contributed by atoms with van der Waals surface area (Å²) in [5, 5.41) is 1.61. The van der Waals surface area contributed by atoms with Gasteiger partial charge >= 0.3 is 0 Å². The first-order valence-corrected chi connectivity index (χ1v) is 4.90. The van der Waals surface area contributed by atoms with E-state index in [9.17, 15) is 0 Å². The molecule has 0 amide bonds. The SMILES string of the molecule is Clc1cc(OI)cc2ncccc12. The number of hydrogen-bond acceptors (Lipinski definition) is 2. The predicted octanol–water partition coefficient (Wildman–Crippen LogP) is 3.62. The third-order valence-corrected chi connectivity index (χ3v) is 2.55. The Kier molecular flexibility index (Phi) is 2.55. The molecule has 1 heterocycles. The van der Waals surface area contributed by atoms with Gasteiger partial charge in [-0.3, -0.25) is 4.98 Å². The number of fused-ring (bicyclic) bond motifs is 1. The summed E-state index contributed by atoms with van der Waals surface area (Å²) in [5.41, 5.74) is 0.849. The molecule has 2 aromatic rings. The summed E-state index contributed by atoms with van der Waals surface area (Å²) in [5.74, 6) is 0.719. The number of aromatic nitrogens is 1. The maximum Gasteiger partial charge on any atom is 0.192 e. The highest BCUT2D eigenvalue weighted by Gasteiger charge is 2.02. The van der Waals surface area contributed by atoms with Crippen LogP contribution in [-0.4, -0.2) is 4.98 Å². The van der Waals surface area contributed by atoms with Crippen LogP contribution in [0.15, 0.2) is 30.5 Å². The molecule has 13 heavy (non-hydrogen) atoms. The van der Waals surface area contributed by atoms with Crippen molar-refractivity contribution in [2.45, 2.75) is 0 Å². The Morgan fingerprint density at radius 3 is 3.00 bits per heavy atom. The number of pyridine rings is 1. The molecule has 0 bridgehead atoms. The molecular formula is C9H5ClINO. The molecule has 2 rings (SSSR count). The fourth-order valence-corrected chi connectivity index (χ4v) is 1.68. The van der Waals surface area contributed by atoms with Crippen LogP contribution in [0.2, 0.25) is 5.02 Å². The van der Waals surface area contributed by atoms with E-state index in [-0.39, 0.29) is 0 Å². The van der Waals surface area contributed by atoms with Gasteiger partial charge in [0.25, 0.3) is 0 Å². The zero-order chi connectivity index (χ0) is 9.26. The Bertz CT molecular complexity index is 447. The monoisotopic (exact) mass is 305 g/mol. The van der Waals surface area contributed by atoms with Gasteiger partial charge in [-0.2, -0.15) is 0 Å². The number of hydrogen-bond donors (Lipinski definition) is 0.